The van der Waals surface area contributed by atoms with E-state index in [1.165, 1.54) is 31.9 Å². The van der Waals surface area contributed by atoms with Gasteiger partial charge in [0.25, 0.3) is 0 Å². The quantitative estimate of drug-likeness (QED) is 0.190. The van der Waals surface area contributed by atoms with Crippen molar-refractivity contribution >= 4 is 0 Å². The molecule has 0 aliphatic carbocycles. The summed E-state index contributed by atoms with van der Waals surface area (Å²) >= 11 is 0. The lowest BCUT2D eigenvalue weighted by Gasteiger charge is -2.21. The third-order valence-electron chi connectivity index (χ3n) is 6.22. The fourth-order valence-electron chi connectivity index (χ4n) is 3.94. The van der Waals surface area contributed by atoms with E-state index in [1.54, 1.807) is 12.4 Å². The highest BCUT2D eigenvalue weighted by atomic mass is 19.2. The van der Waals surface area contributed by atoms with Gasteiger partial charge in [0, 0.05) is 18.0 Å². The first kappa shape index (κ1) is 28.5. The lowest BCUT2D eigenvalue weighted by Crippen LogP contribution is -2.27. The Bertz CT molecular complexity index is 1100. The number of unbranched alkanes of at least 4 members (excludes halogenated alkanes) is 5. The SMILES string of the molecule is CCCCCCOc1ccc(-c2cnc(-c3ccc(OC[C@@](C)(F)CCCCC)c(F)c3F)nc2)cc1. The lowest BCUT2D eigenvalue weighted by molar-refractivity contribution is 0.0879. The van der Waals surface area contributed by atoms with Crippen LogP contribution in [0.2, 0.25) is 0 Å². The van der Waals surface area contributed by atoms with Gasteiger partial charge in [0.15, 0.2) is 17.4 Å². The number of benzene rings is 2. The Morgan fingerprint density at radius 2 is 1.43 bits per heavy atom. The van der Waals surface area contributed by atoms with Gasteiger partial charge < -0.3 is 9.47 Å². The first-order chi connectivity index (χ1) is 17.8. The van der Waals surface area contributed by atoms with Gasteiger partial charge in [0.05, 0.1) is 12.2 Å². The third-order valence-corrected chi connectivity index (χ3v) is 6.22. The van der Waals surface area contributed by atoms with Crippen LogP contribution in [-0.4, -0.2) is 28.9 Å². The van der Waals surface area contributed by atoms with Crippen molar-refractivity contribution in [1.29, 1.82) is 0 Å². The zero-order valence-electron chi connectivity index (χ0n) is 22.0. The van der Waals surface area contributed by atoms with Crippen molar-refractivity contribution in [2.24, 2.45) is 0 Å². The maximum absolute atomic E-state index is 14.8. The predicted octanol–water partition coefficient (Wildman–Crippen LogP) is 8.74. The molecule has 0 N–H and O–H groups in total. The van der Waals surface area contributed by atoms with E-state index in [0.717, 1.165) is 42.6 Å². The standard InChI is InChI=1S/C30H37F3N2O2/c1-4-6-8-10-18-36-24-13-11-22(12-14-24)23-19-34-29(35-20-23)25-15-16-26(28(32)27(25)31)37-21-30(3,33)17-9-7-5-2/h11-16,19-20H,4-10,17-18,21H2,1-3H3/t30-/m0/s1. The second-order valence-electron chi connectivity index (χ2n) is 9.63. The van der Waals surface area contributed by atoms with Crippen molar-refractivity contribution < 1.29 is 22.6 Å². The summed E-state index contributed by atoms with van der Waals surface area (Å²) in [6.45, 7) is 5.97. The number of alkyl halides is 1. The van der Waals surface area contributed by atoms with E-state index in [1.807, 2.05) is 31.2 Å². The Hall–Kier alpha value is -3.09. The van der Waals surface area contributed by atoms with Crippen LogP contribution in [0.5, 0.6) is 11.5 Å². The van der Waals surface area contributed by atoms with Gasteiger partial charge in [-0.05, 0) is 49.6 Å². The molecule has 0 fully saturated rings. The highest BCUT2D eigenvalue weighted by Gasteiger charge is 2.25. The molecule has 3 aromatic rings. The summed E-state index contributed by atoms with van der Waals surface area (Å²) in [7, 11) is 0. The van der Waals surface area contributed by atoms with Gasteiger partial charge in [0.2, 0.25) is 5.82 Å². The summed E-state index contributed by atoms with van der Waals surface area (Å²) in [6.07, 6.45) is 10.6. The molecule has 0 amide bonds. The van der Waals surface area contributed by atoms with Crippen LogP contribution < -0.4 is 9.47 Å². The van der Waals surface area contributed by atoms with Gasteiger partial charge in [-0.25, -0.2) is 18.7 Å². The van der Waals surface area contributed by atoms with Crippen molar-refractivity contribution in [3.63, 3.8) is 0 Å². The number of ether oxygens (including phenoxy) is 2. The minimum Gasteiger partial charge on any atom is -0.494 e. The van der Waals surface area contributed by atoms with E-state index >= 15 is 0 Å². The van der Waals surface area contributed by atoms with Crippen LogP contribution in [-0.2, 0) is 0 Å². The van der Waals surface area contributed by atoms with E-state index in [0.29, 0.717) is 19.4 Å². The van der Waals surface area contributed by atoms with Gasteiger partial charge >= 0.3 is 0 Å². The molecule has 0 bridgehead atoms. The van der Waals surface area contributed by atoms with Crippen molar-refractivity contribution in [2.75, 3.05) is 13.2 Å². The summed E-state index contributed by atoms with van der Waals surface area (Å²) in [5.41, 5.74) is -0.0821. The molecule has 0 saturated carbocycles. The Morgan fingerprint density at radius 3 is 2.11 bits per heavy atom. The van der Waals surface area contributed by atoms with E-state index in [9.17, 15) is 13.2 Å². The molecule has 3 rings (SSSR count). The fourth-order valence-corrected chi connectivity index (χ4v) is 3.94. The number of halogens is 3. The molecule has 4 nitrogen and oxygen atoms in total. The Morgan fingerprint density at radius 1 is 0.757 bits per heavy atom. The molecule has 0 unspecified atom stereocenters. The molecule has 200 valence electrons. The van der Waals surface area contributed by atoms with E-state index in [4.69, 9.17) is 9.47 Å². The lowest BCUT2D eigenvalue weighted by atomic mass is 10.0. The van der Waals surface area contributed by atoms with Crippen LogP contribution >= 0.6 is 0 Å². The van der Waals surface area contributed by atoms with Crippen LogP contribution in [0.1, 0.15) is 72.1 Å². The topological polar surface area (TPSA) is 44.2 Å². The molecule has 0 aliphatic heterocycles. The van der Waals surface area contributed by atoms with Gasteiger partial charge in [-0.2, -0.15) is 4.39 Å². The molecule has 0 spiro atoms. The summed E-state index contributed by atoms with van der Waals surface area (Å²) in [5, 5.41) is 0. The Kier molecular flexibility index (Phi) is 10.8. The summed E-state index contributed by atoms with van der Waals surface area (Å²) in [6, 6.07) is 10.2. The molecular formula is C30H37F3N2O2. The molecule has 37 heavy (non-hydrogen) atoms. The molecule has 1 heterocycles. The average Bonchev–Trinajstić information content (AvgIpc) is 2.90. The van der Waals surface area contributed by atoms with Crippen molar-refractivity contribution in [3.8, 4) is 34.0 Å². The van der Waals surface area contributed by atoms with Gasteiger partial charge in [0.1, 0.15) is 18.0 Å². The van der Waals surface area contributed by atoms with Crippen molar-refractivity contribution in [1.82, 2.24) is 9.97 Å². The van der Waals surface area contributed by atoms with Crippen molar-refractivity contribution in [2.45, 2.75) is 77.8 Å². The summed E-state index contributed by atoms with van der Waals surface area (Å²) < 4.78 is 55.2. The average molecular weight is 515 g/mol. The van der Waals surface area contributed by atoms with Gasteiger partial charge in [-0.15, -0.1) is 0 Å². The third kappa shape index (κ3) is 8.48. The predicted molar refractivity (Wildman–Crippen MR) is 142 cm³/mol. The maximum atomic E-state index is 14.8. The highest BCUT2D eigenvalue weighted by Crippen LogP contribution is 2.30. The minimum atomic E-state index is -1.62. The molecule has 2 aromatic carbocycles. The molecule has 0 aliphatic rings. The van der Waals surface area contributed by atoms with Gasteiger partial charge in [-0.1, -0.05) is 64.5 Å². The normalized spacial score (nSPS) is 12.8. The van der Waals surface area contributed by atoms with Gasteiger partial charge in [-0.3, -0.25) is 0 Å². The first-order valence-electron chi connectivity index (χ1n) is 13.2. The second-order valence-corrected chi connectivity index (χ2v) is 9.63. The first-order valence-corrected chi connectivity index (χ1v) is 13.2. The number of nitrogens with zero attached hydrogens (tertiary/aromatic N) is 2. The molecular weight excluding hydrogens is 477 g/mol. The fraction of sp³-hybridized carbons (Fsp3) is 0.467. The number of rotatable bonds is 15. The second kappa shape index (κ2) is 14.0. The summed E-state index contributed by atoms with van der Waals surface area (Å²) in [5.74, 6) is -1.79. The molecule has 0 radical (unpaired) electrons. The zero-order valence-corrected chi connectivity index (χ0v) is 22.0. The van der Waals surface area contributed by atoms with E-state index in [2.05, 4.69) is 16.9 Å². The largest absolute Gasteiger partial charge is 0.494 e. The van der Waals surface area contributed by atoms with Crippen LogP contribution in [0, 0.1) is 11.6 Å². The minimum absolute atomic E-state index is 0.0497. The monoisotopic (exact) mass is 514 g/mol. The van der Waals surface area contributed by atoms with Crippen LogP contribution in [0.15, 0.2) is 48.8 Å². The van der Waals surface area contributed by atoms with Crippen LogP contribution in [0.3, 0.4) is 0 Å². The number of aromatic nitrogens is 2. The van der Waals surface area contributed by atoms with E-state index < -0.39 is 17.3 Å². The highest BCUT2D eigenvalue weighted by molar-refractivity contribution is 5.65. The molecule has 7 heteroatoms. The Labute approximate surface area is 218 Å². The number of hydrogen-bond donors (Lipinski definition) is 0. The molecule has 0 saturated heterocycles. The Balaban J connectivity index is 1.62. The smallest absolute Gasteiger partial charge is 0.201 e. The number of hydrogen-bond acceptors (Lipinski definition) is 4. The van der Waals surface area contributed by atoms with Crippen LogP contribution in [0.25, 0.3) is 22.5 Å². The van der Waals surface area contributed by atoms with E-state index in [-0.39, 0.29) is 23.7 Å². The zero-order chi connectivity index (χ0) is 26.7. The summed E-state index contributed by atoms with van der Waals surface area (Å²) in [4.78, 5) is 8.47. The maximum Gasteiger partial charge on any atom is 0.201 e. The molecule has 1 aromatic heterocycles. The van der Waals surface area contributed by atoms with Crippen LogP contribution in [0.4, 0.5) is 13.2 Å². The van der Waals surface area contributed by atoms with Crippen molar-refractivity contribution in [3.05, 3.63) is 60.4 Å². The molecule has 1 atom stereocenters.